The van der Waals surface area contributed by atoms with Crippen LogP contribution in [0.5, 0.6) is 0 Å². The van der Waals surface area contributed by atoms with E-state index in [-0.39, 0.29) is 30.6 Å². The molecule has 5 rings (SSSR count). The first-order valence-electron chi connectivity index (χ1n) is 11.9. The molecule has 2 aromatic carbocycles. The van der Waals surface area contributed by atoms with E-state index in [0.717, 1.165) is 21.8 Å². The third kappa shape index (κ3) is 6.05. The molecule has 37 heavy (non-hydrogen) atoms. The molecule has 0 bridgehead atoms. The van der Waals surface area contributed by atoms with Gasteiger partial charge in [0.1, 0.15) is 6.33 Å². The fourth-order valence-corrected chi connectivity index (χ4v) is 5.14. The number of carbonyl (C=O) groups excluding carboxylic acids is 1. The number of anilines is 1. The van der Waals surface area contributed by atoms with Gasteiger partial charge in [-0.25, -0.2) is 4.98 Å². The molecule has 0 aliphatic carbocycles. The van der Waals surface area contributed by atoms with E-state index in [2.05, 4.69) is 32.4 Å². The molecule has 3 heterocycles. The van der Waals surface area contributed by atoms with E-state index < -0.39 is 6.29 Å². The van der Waals surface area contributed by atoms with Crippen molar-refractivity contribution in [2.24, 2.45) is 5.92 Å². The number of hydrogen-bond acceptors (Lipinski definition) is 8. The molecular weight excluding hydrogens is 490 g/mol. The number of benzene rings is 2. The van der Waals surface area contributed by atoms with Crippen molar-refractivity contribution in [3.8, 4) is 0 Å². The highest BCUT2D eigenvalue weighted by molar-refractivity contribution is 7.99. The number of aromatic nitrogens is 4. The Morgan fingerprint density at radius 3 is 2.70 bits per heavy atom. The number of amides is 1. The molecule has 1 saturated heterocycles. The number of rotatable bonds is 8. The van der Waals surface area contributed by atoms with E-state index in [4.69, 9.17) is 9.47 Å². The van der Waals surface area contributed by atoms with Crippen molar-refractivity contribution in [1.82, 2.24) is 20.2 Å². The van der Waals surface area contributed by atoms with E-state index in [1.807, 2.05) is 48.5 Å². The molecule has 1 amide bonds. The summed E-state index contributed by atoms with van der Waals surface area (Å²) in [6, 6.07) is 18.7. The van der Waals surface area contributed by atoms with Crippen LogP contribution in [0.1, 0.15) is 46.4 Å². The van der Waals surface area contributed by atoms with Crippen molar-refractivity contribution in [3.05, 3.63) is 102 Å². The van der Waals surface area contributed by atoms with Crippen LogP contribution in [0.25, 0.3) is 0 Å². The van der Waals surface area contributed by atoms with Crippen molar-refractivity contribution in [1.29, 1.82) is 0 Å². The number of H-pyrrole nitrogens is 1. The van der Waals surface area contributed by atoms with Crippen LogP contribution in [-0.2, 0) is 16.1 Å². The van der Waals surface area contributed by atoms with Crippen LogP contribution in [-0.4, -0.2) is 43.0 Å². The first-order valence-corrected chi connectivity index (χ1v) is 12.9. The predicted octanol–water partition coefficient (Wildman–Crippen LogP) is 4.53. The number of nitrogens with zero attached hydrogens (tertiary/aromatic N) is 3. The maximum atomic E-state index is 12.6. The first-order chi connectivity index (χ1) is 18.1. The number of thioether (sulfide) groups is 1. The number of nitrogens with one attached hydrogen (secondary N) is 2. The summed E-state index contributed by atoms with van der Waals surface area (Å²) in [5.41, 5.74) is 3.75. The van der Waals surface area contributed by atoms with Gasteiger partial charge >= 0.3 is 0 Å². The zero-order valence-corrected chi connectivity index (χ0v) is 21.0. The Bertz CT molecular complexity index is 1300. The monoisotopic (exact) mass is 517 g/mol. The SMILES string of the molecule is C[C@@H]1[C@H](CSc2ncn[nH]2)O[C@H](c2cccc(NC(=O)c3cccnc3)c2)O[C@@H]1c1ccc(CO)cc1. The van der Waals surface area contributed by atoms with Crippen molar-refractivity contribution in [3.63, 3.8) is 0 Å². The van der Waals surface area contributed by atoms with Gasteiger partial charge in [-0.15, -0.1) is 0 Å². The summed E-state index contributed by atoms with van der Waals surface area (Å²) in [6.07, 6.45) is 3.61. The highest BCUT2D eigenvalue weighted by Crippen LogP contribution is 2.43. The number of carbonyl (C=O) groups is 1. The lowest BCUT2D eigenvalue weighted by atomic mass is 9.91. The topological polar surface area (TPSA) is 122 Å². The number of hydrogen-bond donors (Lipinski definition) is 3. The maximum Gasteiger partial charge on any atom is 0.257 e. The maximum absolute atomic E-state index is 12.6. The summed E-state index contributed by atoms with van der Waals surface area (Å²) < 4.78 is 13.0. The first kappa shape index (κ1) is 25.1. The van der Waals surface area contributed by atoms with Crippen LogP contribution < -0.4 is 5.32 Å². The summed E-state index contributed by atoms with van der Waals surface area (Å²) in [6.45, 7) is 2.10. The van der Waals surface area contributed by atoms with E-state index in [0.29, 0.717) is 17.0 Å². The van der Waals surface area contributed by atoms with Crippen molar-refractivity contribution in [2.45, 2.75) is 37.2 Å². The Morgan fingerprint density at radius 1 is 1.11 bits per heavy atom. The molecule has 4 atom stereocenters. The van der Waals surface area contributed by atoms with Gasteiger partial charge in [-0.1, -0.05) is 55.1 Å². The molecule has 4 aromatic rings. The Hall–Kier alpha value is -3.57. The average Bonchev–Trinajstić information content (AvgIpc) is 3.47. The van der Waals surface area contributed by atoms with Crippen LogP contribution in [0.4, 0.5) is 5.69 Å². The zero-order chi connectivity index (χ0) is 25.6. The third-order valence-electron chi connectivity index (χ3n) is 6.24. The van der Waals surface area contributed by atoms with E-state index in [9.17, 15) is 9.90 Å². The fraction of sp³-hybridized carbons (Fsp3) is 0.259. The Morgan fingerprint density at radius 2 is 1.97 bits per heavy atom. The lowest BCUT2D eigenvalue weighted by molar-refractivity contribution is -0.268. The quantitative estimate of drug-likeness (QED) is 0.292. The second-order valence-corrected chi connectivity index (χ2v) is 9.75. The minimum atomic E-state index is -0.644. The molecule has 3 N–H and O–H groups in total. The second-order valence-electron chi connectivity index (χ2n) is 8.74. The largest absolute Gasteiger partial charge is 0.392 e. The summed E-state index contributed by atoms with van der Waals surface area (Å²) >= 11 is 1.54. The van der Waals surface area contributed by atoms with E-state index >= 15 is 0 Å². The van der Waals surface area contributed by atoms with Gasteiger partial charge in [-0.3, -0.25) is 14.9 Å². The number of aliphatic hydroxyl groups excluding tert-OH is 1. The number of pyridine rings is 1. The van der Waals surface area contributed by atoms with E-state index in [1.54, 1.807) is 30.1 Å². The van der Waals surface area contributed by atoms with Crippen LogP contribution >= 0.6 is 11.8 Å². The molecule has 9 nitrogen and oxygen atoms in total. The minimum absolute atomic E-state index is 0.0128. The van der Waals surface area contributed by atoms with Gasteiger partial charge in [0.2, 0.25) is 0 Å². The standard InChI is InChI=1S/C27H27N5O4S/c1-17-23(15-37-27-29-16-30-32-27)35-26(36-24(17)19-9-7-18(14-33)8-10-19)20-4-2-6-22(12-20)31-25(34)21-5-3-11-28-13-21/h2-13,16-17,23-24,26,33H,14-15H2,1H3,(H,31,34)(H,29,30,32)/t17-,23+,24+,26+/m1/s1. The van der Waals surface area contributed by atoms with Crippen LogP contribution in [0.3, 0.4) is 0 Å². The van der Waals surface area contributed by atoms with Crippen molar-refractivity contribution < 1.29 is 19.4 Å². The predicted molar refractivity (Wildman–Crippen MR) is 139 cm³/mol. The molecule has 10 heteroatoms. The van der Waals surface area contributed by atoms with Gasteiger partial charge in [0, 0.05) is 35.3 Å². The highest BCUT2D eigenvalue weighted by atomic mass is 32.2. The Kier molecular flexibility index (Phi) is 7.90. The summed E-state index contributed by atoms with van der Waals surface area (Å²) in [4.78, 5) is 20.9. The van der Waals surface area contributed by atoms with Crippen molar-refractivity contribution >= 4 is 23.4 Å². The van der Waals surface area contributed by atoms with Gasteiger partial charge in [-0.05, 0) is 35.4 Å². The number of aliphatic hydroxyl groups is 1. The number of ether oxygens (including phenoxy) is 2. The van der Waals surface area contributed by atoms with Gasteiger partial charge in [0.25, 0.3) is 5.91 Å². The molecular formula is C27H27N5O4S. The smallest absolute Gasteiger partial charge is 0.257 e. The molecule has 1 aliphatic heterocycles. The lowest BCUT2D eigenvalue weighted by Crippen LogP contribution is -2.38. The molecule has 0 spiro atoms. The molecule has 0 unspecified atom stereocenters. The third-order valence-corrected chi connectivity index (χ3v) is 7.21. The van der Waals surface area contributed by atoms with Gasteiger partial charge in [-0.2, -0.15) is 5.10 Å². The summed E-state index contributed by atoms with van der Waals surface area (Å²) in [5, 5.41) is 19.9. The van der Waals surface area contributed by atoms with E-state index in [1.165, 1.54) is 12.5 Å². The fourth-order valence-electron chi connectivity index (χ4n) is 4.20. The van der Waals surface area contributed by atoms with Crippen molar-refractivity contribution in [2.75, 3.05) is 11.1 Å². The molecule has 190 valence electrons. The highest BCUT2D eigenvalue weighted by Gasteiger charge is 2.38. The minimum Gasteiger partial charge on any atom is -0.392 e. The Labute approximate surface area is 218 Å². The zero-order valence-electron chi connectivity index (χ0n) is 20.2. The van der Waals surface area contributed by atoms with Gasteiger partial charge in [0.05, 0.1) is 24.4 Å². The normalized spacial score (nSPS) is 21.5. The van der Waals surface area contributed by atoms with Gasteiger partial charge < -0.3 is 19.9 Å². The molecule has 0 radical (unpaired) electrons. The lowest BCUT2D eigenvalue weighted by Gasteiger charge is -2.41. The number of aromatic amines is 1. The summed E-state index contributed by atoms with van der Waals surface area (Å²) in [7, 11) is 0. The Balaban J connectivity index is 1.38. The molecule has 0 saturated carbocycles. The molecule has 1 aliphatic rings. The summed E-state index contributed by atoms with van der Waals surface area (Å²) in [5.74, 6) is 0.450. The van der Waals surface area contributed by atoms with Gasteiger partial charge in [0.15, 0.2) is 11.4 Å². The van der Waals surface area contributed by atoms with Crippen LogP contribution in [0, 0.1) is 5.92 Å². The molecule has 1 fully saturated rings. The average molecular weight is 518 g/mol. The van der Waals surface area contributed by atoms with Crippen LogP contribution in [0.15, 0.2) is 84.5 Å². The second kappa shape index (κ2) is 11.7. The van der Waals surface area contributed by atoms with Crippen LogP contribution in [0.2, 0.25) is 0 Å². The molecule has 2 aromatic heterocycles.